The summed E-state index contributed by atoms with van der Waals surface area (Å²) in [6.07, 6.45) is 2.65. The minimum Gasteiger partial charge on any atom is -0.479 e. The summed E-state index contributed by atoms with van der Waals surface area (Å²) in [5.41, 5.74) is 5.54. The van der Waals surface area contributed by atoms with Crippen molar-refractivity contribution in [2.45, 2.75) is 12.8 Å². The van der Waals surface area contributed by atoms with Crippen molar-refractivity contribution in [2.24, 2.45) is 18.7 Å². The Balaban J connectivity index is 1.85. The number of hydrogen-bond donors (Lipinski definition) is 2. The SMILES string of the molecule is COc1nn(C)cc1C(=O)NCC(=O)N1CCC(C(N)=O)CC1. The number of aryl methyl sites for hydroxylation is 1. The molecule has 0 atom stereocenters. The zero-order valence-electron chi connectivity index (χ0n) is 13.2. The summed E-state index contributed by atoms with van der Waals surface area (Å²) >= 11 is 0. The average molecular weight is 323 g/mol. The van der Waals surface area contributed by atoms with Gasteiger partial charge >= 0.3 is 0 Å². The van der Waals surface area contributed by atoms with Gasteiger partial charge in [-0.1, -0.05) is 0 Å². The molecule has 9 nitrogen and oxygen atoms in total. The molecular formula is C14H21N5O4. The Morgan fingerprint density at radius 2 is 2.04 bits per heavy atom. The highest BCUT2D eigenvalue weighted by Gasteiger charge is 2.26. The number of aromatic nitrogens is 2. The molecule has 0 aromatic carbocycles. The molecule has 0 saturated carbocycles. The lowest BCUT2D eigenvalue weighted by molar-refractivity contribution is -0.133. The second-order valence-corrected chi connectivity index (χ2v) is 5.47. The van der Waals surface area contributed by atoms with Gasteiger partial charge in [0, 0.05) is 32.3 Å². The van der Waals surface area contributed by atoms with Crippen LogP contribution in [0.1, 0.15) is 23.2 Å². The van der Waals surface area contributed by atoms with Gasteiger partial charge in [0.1, 0.15) is 5.56 Å². The summed E-state index contributed by atoms with van der Waals surface area (Å²) in [5, 5.41) is 6.55. The molecule has 0 bridgehead atoms. The second-order valence-electron chi connectivity index (χ2n) is 5.47. The lowest BCUT2D eigenvalue weighted by Gasteiger charge is -2.30. The van der Waals surface area contributed by atoms with Gasteiger partial charge in [0.25, 0.3) is 5.91 Å². The monoisotopic (exact) mass is 323 g/mol. The average Bonchev–Trinajstić information content (AvgIpc) is 2.93. The first kappa shape index (κ1) is 16.8. The Morgan fingerprint density at radius 3 is 2.61 bits per heavy atom. The largest absolute Gasteiger partial charge is 0.479 e. The maximum atomic E-state index is 12.1. The number of amides is 3. The number of nitrogens with two attached hydrogens (primary N) is 1. The van der Waals surface area contributed by atoms with Gasteiger partial charge in [-0.15, -0.1) is 5.10 Å². The van der Waals surface area contributed by atoms with Crippen molar-refractivity contribution >= 4 is 17.7 Å². The number of nitrogens with one attached hydrogen (secondary N) is 1. The van der Waals surface area contributed by atoms with Crippen molar-refractivity contribution in [1.82, 2.24) is 20.0 Å². The van der Waals surface area contributed by atoms with Crippen LogP contribution in [0.15, 0.2) is 6.20 Å². The first-order chi connectivity index (χ1) is 10.9. The summed E-state index contributed by atoms with van der Waals surface area (Å²) in [6.45, 7) is 0.829. The summed E-state index contributed by atoms with van der Waals surface area (Å²) in [5.74, 6) is -0.901. The van der Waals surface area contributed by atoms with Crippen LogP contribution < -0.4 is 15.8 Å². The molecule has 2 rings (SSSR count). The van der Waals surface area contributed by atoms with Gasteiger partial charge in [0.2, 0.25) is 17.7 Å². The van der Waals surface area contributed by atoms with E-state index in [4.69, 9.17) is 10.5 Å². The second kappa shape index (κ2) is 7.12. The first-order valence-corrected chi connectivity index (χ1v) is 7.35. The molecule has 126 valence electrons. The molecular weight excluding hydrogens is 302 g/mol. The molecule has 1 aliphatic rings. The number of methoxy groups -OCH3 is 1. The number of piperidine rings is 1. The fraction of sp³-hybridized carbons (Fsp3) is 0.571. The maximum absolute atomic E-state index is 12.1. The van der Waals surface area contributed by atoms with Gasteiger partial charge in [-0.3, -0.25) is 19.1 Å². The van der Waals surface area contributed by atoms with Crippen molar-refractivity contribution in [3.05, 3.63) is 11.8 Å². The van der Waals surface area contributed by atoms with E-state index in [0.29, 0.717) is 25.9 Å². The van der Waals surface area contributed by atoms with Gasteiger partial charge in [-0.05, 0) is 12.8 Å². The normalized spacial score (nSPS) is 15.3. The van der Waals surface area contributed by atoms with Crippen molar-refractivity contribution in [3.63, 3.8) is 0 Å². The summed E-state index contributed by atoms with van der Waals surface area (Å²) < 4.78 is 6.48. The van der Waals surface area contributed by atoms with E-state index in [0.717, 1.165) is 0 Å². The molecule has 2 heterocycles. The van der Waals surface area contributed by atoms with Crippen LogP contribution in [0.5, 0.6) is 5.88 Å². The zero-order valence-corrected chi connectivity index (χ0v) is 13.2. The van der Waals surface area contributed by atoms with E-state index in [2.05, 4.69) is 10.4 Å². The van der Waals surface area contributed by atoms with Gasteiger partial charge in [-0.25, -0.2) is 0 Å². The van der Waals surface area contributed by atoms with Crippen LogP contribution in [-0.2, 0) is 16.6 Å². The fourth-order valence-electron chi connectivity index (χ4n) is 2.55. The third-order valence-electron chi connectivity index (χ3n) is 3.88. The van der Waals surface area contributed by atoms with Crippen LogP contribution in [0.3, 0.4) is 0 Å². The highest BCUT2D eigenvalue weighted by atomic mass is 16.5. The molecule has 3 N–H and O–H groups in total. The van der Waals surface area contributed by atoms with Crippen LogP contribution in [0.4, 0.5) is 0 Å². The third-order valence-corrected chi connectivity index (χ3v) is 3.88. The van der Waals surface area contributed by atoms with Crippen LogP contribution in [-0.4, -0.2) is 59.1 Å². The predicted molar refractivity (Wildman–Crippen MR) is 80.6 cm³/mol. The van der Waals surface area contributed by atoms with Gasteiger partial charge in [0.05, 0.1) is 13.7 Å². The number of carbonyl (C=O) groups is 3. The number of ether oxygens (including phenoxy) is 1. The van der Waals surface area contributed by atoms with E-state index in [1.54, 1.807) is 11.9 Å². The van der Waals surface area contributed by atoms with Gasteiger partial charge in [0.15, 0.2) is 0 Å². The van der Waals surface area contributed by atoms with Crippen molar-refractivity contribution < 1.29 is 19.1 Å². The lowest BCUT2D eigenvalue weighted by atomic mass is 9.96. The van der Waals surface area contributed by atoms with E-state index < -0.39 is 5.91 Å². The minimum atomic E-state index is -0.421. The van der Waals surface area contributed by atoms with E-state index in [1.165, 1.54) is 18.0 Å². The number of primary amides is 1. The Bertz CT molecular complexity index is 604. The van der Waals surface area contributed by atoms with E-state index >= 15 is 0 Å². The van der Waals surface area contributed by atoms with Crippen LogP contribution in [0.2, 0.25) is 0 Å². The number of hydrogen-bond acceptors (Lipinski definition) is 5. The Labute approximate surface area is 133 Å². The maximum Gasteiger partial charge on any atom is 0.258 e. The highest BCUT2D eigenvalue weighted by molar-refractivity contribution is 5.98. The number of nitrogens with zero attached hydrogens (tertiary/aromatic N) is 3. The smallest absolute Gasteiger partial charge is 0.258 e. The molecule has 9 heteroatoms. The fourth-order valence-corrected chi connectivity index (χ4v) is 2.55. The summed E-state index contributed by atoms with van der Waals surface area (Å²) in [7, 11) is 3.10. The van der Waals surface area contributed by atoms with Crippen LogP contribution in [0, 0.1) is 5.92 Å². The molecule has 3 amide bonds. The molecule has 0 spiro atoms. The van der Waals surface area contributed by atoms with E-state index in [-0.39, 0.29) is 35.7 Å². The Kier molecular flexibility index (Phi) is 5.20. The molecule has 23 heavy (non-hydrogen) atoms. The van der Waals surface area contributed by atoms with Gasteiger partial charge < -0.3 is 20.7 Å². The molecule has 1 fully saturated rings. The first-order valence-electron chi connectivity index (χ1n) is 7.35. The zero-order chi connectivity index (χ0) is 17.0. The number of rotatable bonds is 5. The van der Waals surface area contributed by atoms with E-state index in [1.807, 2.05) is 0 Å². The Hall–Kier alpha value is -2.58. The molecule has 1 saturated heterocycles. The standard InChI is InChI=1S/C14H21N5O4/c1-18-8-10(14(17-18)23-2)13(22)16-7-11(20)19-5-3-9(4-6-19)12(15)21/h8-9H,3-7H2,1-2H3,(H2,15,21)(H,16,22). The van der Waals surface area contributed by atoms with Crippen molar-refractivity contribution in [1.29, 1.82) is 0 Å². The van der Waals surface area contributed by atoms with Crippen molar-refractivity contribution in [3.8, 4) is 5.88 Å². The highest BCUT2D eigenvalue weighted by Crippen LogP contribution is 2.17. The Morgan fingerprint density at radius 1 is 1.39 bits per heavy atom. The number of likely N-dealkylation sites (tertiary alicyclic amines) is 1. The molecule has 0 aliphatic carbocycles. The quantitative estimate of drug-likeness (QED) is 0.711. The van der Waals surface area contributed by atoms with Crippen molar-refractivity contribution in [2.75, 3.05) is 26.7 Å². The minimum absolute atomic E-state index is 0.113. The summed E-state index contributed by atoms with van der Waals surface area (Å²) in [6, 6.07) is 0. The van der Waals surface area contributed by atoms with Crippen LogP contribution >= 0.6 is 0 Å². The molecule has 1 aliphatic heterocycles. The number of carbonyl (C=O) groups excluding carboxylic acids is 3. The molecule has 0 radical (unpaired) electrons. The molecule has 1 aromatic rings. The predicted octanol–water partition coefficient (Wildman–Crippen LogP) is -1.12. The molecule has 0 unspecified atom stereocenters. The lowest BCUT2D eigenvalue weighted by Crippen LogP contribution is -2.45. The summed E-state index contributed by atoms with van der Waals surface area (Å²) in [4.78, 5) is 36.9. The van der Waals surface area contributed by atoms with E-state index in [9.17, 15) is 14.4 Å². The molecule has 1 aromatic heterocycles. The third kappa shape index (κ3) is 3.99. The van der Waals surface area contributed by atoms with Gasteiger partial charge in [-0.2, -0.15) is 0 Å². The van der Waals surface area contributed by atoms with Crippen LogP contribution in [0.25, 0.3) is 0 Å². The topological polar surface area (TPSA) is 120 Å².